The van der Waals surface area contributed by atoms with Gasteiger partial charge in [0.2, 0.25) is 0 Å². The third-order valence-corrected chi connectivity index (χ3v) is 7.69. The molecule has 0 bridgehead atoms. The fourth-order valence-corrected chi connectivity index (χ4v) is 6.16. The summed E-state index contributed by atoms with van der Waals surface area (Å²) in [5.41, 5.74) is 0. The summed E-state index contributed by atoms with van der Waals surface area (Å²) in [5, 5.41) is 9.95. The van der Waals surface area contributed by atoms with Crippen molar-refractivity contribution in [1.82, 2.24) is 0 Å². The smallest absolute Gasteiger partial charge is 0.0543 e. The third-order valence-electron chi connectivity index (χ3n) is 7.69. The molecule has 3 aliphatic carbocycles. The highest BCUT2D eigenvalue weighted by molar-refractivity contribution is 4.86. The van der Waals surface area contributed by atoms with Crippen LogP contribution in [0.15, 0.2) is 0 Å². The maximum atomic E-state index is 9.95. The van der Waals surface area contributed by atoms with Gasteiger partial charge in [0.25, 0.3) is 0 Å². The number of hydrogen-bond acceptors (Lipinski definition) is 1. The van der Waals surface area contributed by atoms with Crippen molar-refractivity contribution in [2.45, 2.75) is 109 Å². The number of aliphatic hydroxyl groups excluding tert-OH is 1. The van der Waals surface area contributed by atoms with Gasteiger partial charge in [0.1, 0.15) is 0 Å². The average Bonchev–Trinajstić information content (AvgIpc) is 2.61. The molecule has 3 aliphatic rings. The largest absolute Gasteiger partial charge is 0.393 e. The van der Waals surface area contributed by atoms with Gasteiger partial charge in [-0.3, -0.25) is 0 Å². The zero-order valence-corrected chi connectivity index (χ0v) is 15.5. The minimum absolute atomic E-state index is 0.0184. The van der Waals surface area contributed by atoms with E-state index in [1.54, 1.807) is 0 Å². The monoisotopic (exact) mass is 320 g/mol. The first-order valence-corrected chi connectivity index (χ1v) is 10.9. The molecule has 3 rings (SSSR count). The van der Waals surface area contributed by atoms with Crippen molar-refractivity contribution in [2.75, 3.05) is 0 Å². The highest BCUT2D eigenvalue weighted by atomic mass is 16.3. The van der Waals surface area contributed by atoms with Crippen LogP contribution in [0, 0.1) is 29.6 Å². The summed E-state index contributed by atoms with van der Waals surface area (Å²) in [6, 6.07) is 0. The summed E-state index contributed by atoms with van der Waals surface area (Å²) in [6.07, 6.45) is 21.3. The van der Waals surface area contributed by atoms with Crippen LogP contribution < -0.4 is 0 Å². The van der Waals surface area contributed by atoms with Gasteiger partial charge >= 0.3 is 0 Å². The predicted octanol–water partition coefficient (Wildman–Crippen LogP) is 6.34. The summed E-state index contributed by atoms with van der Waals surface area (Å²) in [7, 11) is 0. The molecule has 0 unspecified atom stereocenters. The van der Waals surface area contributed by atoms with E-state index in [4.69, 9.17) is 0 Å². The fourth-order valence-electron chi connectivity index (χ4n) is 6.16. The highest BCUT2D eigenvalue weighted by Crippen LogP contribution is 2.45. The fraction of sp³-hybridized carbons (Fsp3) is 1.00. The Morgan fingerprint density at radius 1 is 0.696 bits per heavy atom. The molecular weight excluding hydrogens is 280 g/mol. The second-order valence-corrected chi connectivity index (χ2v) is 9.18. The lowest BCUT2D eigenvalue weighted by molar-refractivity contribution is 0.0554. The molecule has 0 aromatic heterocycles. The topological polar surface area (TPSA) is 20.2 Å². The minimum Gasteiger partial charge on any atom is -0.393 e. The second kappa shape index (κ2) is 8.88. The van der Waals surface area contributed by atoms with Crippen LogP contribution in [0.25, 0.3) is 0 Å². The Morgan fingerprint density at radius 2 is 1.26 bits per heavy atom. The van der Waals surface area contributed by atoms with E-state index in [2.05, 4.69) is 6.92 Å². The molecule has 1 nitrogen and oxygen atoms in total. The molecule has 0 aromatic carbocycles. The van der Waals surface area contributed by atoms with Crippen LogP contribution >= 0.6 is 0 Å². The van der Waals surface area contributed by atoms with E-state index in [9.17, 15) is 5.11 Å². The molecule has 0 spiro atoms. The summed E-state index contributed by atoms with van der Waals surface area (Å²) >= 11 is 0. The predicted molar refractivity (Wildman–Crippen MR) is 98.4 cm³/mol. The molecule has 0 radical (unpaired) electrons. The van der Waals surface area contributed by atoms with E-state index in [1.807, 2.05) is 0 Å². The standard InChI is InChI=1S/C22H40O/c1-2-3-5-17-8-10-18(11-9-17)19-12-14-20(15-13-19)21-6-4-7-22(23)16-21/h17-23H,2-16H2,1H3/t17-,18-,19?,20?,21-,22+/m0/s1. The van der Waals surface area contributed by atoms with Gasteiger partial charge < -0.3 is 5.11 Å². The van der Waals surface area contributed by atoms with E-state index >= 15 is 0 Å². The summed E-state index contributed by atoms with van der Waals surface area (Å²) in [4.78, 5) is 0. The van der Waals surface area contributed by atoms with Crippen molar-refractivity contribution in [3.8, 4) is 0 Å². The normalized spacial score (nSPS) is 42.5. The lowest BCUT2D eigenvalue weighted by Crippen LogP contribution is -2.31. The molecule has 0 aliphatic heterocycles. The van der Waals surface area contributed by atoms with E-state index in [0.717, 1.165) is 42.4 Å². The quantitative estimate of drug-likeness (QED) is 0.626. The van der Waals surface area contributed by atoms with Crippen molar-refractivity contribution in [3.05, 3.63) is 0 Å². The van der Waals surface area contributed by atoms with Crippen LogP contribution in [0.5, 0.6) is 0 Å². The van der Waals surface area contributed by atoms with Crippen molar-refractivity contribution in [3.63, 3.8) is 0 Å². The first-order chi connectivity index (χ1) is 11.3. The van der Waals surface area contributed by atoms with Gasteiger partial charge in [-0.15, -0.1) is 0 Å². The lowest BCUT2D eigenvalue weighted by Gasteiger charge is -2.41. The SMILES string of the molecule is CCCC[C@H]1CC[C@H](C2CCC([C@H]3CCC[C@@H](O)C3)CC2)CC1. The van der Waals surface area contributed by atoms with Crippen molar-refractivity contribution >= 4 is 0 Å². The van der Waals surface area contributed by atoms with Crippen molar-refractivity contribution < 1.29 is 5.11 Å². The first kappa shape index (κ1) is 17.8. The summed E-state index contributed by atoms with van der Waals surface area (Å²) < 4.78 is 0. The molecule has 0 aromatic rings. The maximum Gasteiger partial charge on any atom is 0.0543 e. The Balaban J connectivity index is 1.38. The molecule has 1 heteroatoms. The molecule has 3 fully saturated rings. The molecule has 1 N–H and O–H groups in total. The molecule has 0 amide bonds. The van der Waals surface area contributed by atoms with Gasteiger partial charge in [-0.25, -0.2) is 0 Å². The van der Waals surface area contributed by atoms with E-state index in [1.165, 1.54) is 83.5 Å². The van der Waals surface area contributed by atoms with Gasteiger partial charge in [0.15, 0.2) is 0 Å². The van der Waals surface area contributed by atoms with Crippen LogP contribution in [0.1, 0.15) is 103 Å². The number of unbranched alkanes of at least 4 members (excludes halogenated alkanes) is 1. The maximum absolute atomic E-state index is 9.95. The molecular formula is C22H40O. The number of hydrogen-bond donors (Lipinski definition) is 1. The third kappa shape index (κ3) is 4.97. The first-order valence-electron chi connectivity index (χ1n) is 10.9. The van der Waals surface area contributed by atoms with Gasteiger partial charge in [-0.05, 0) is 87.4 Å². The van der Waals surface area contributed by atoms with Crippen LogP contribution in [-0.2, 0) is 0 Å². The average molecular weight is 321 g/mol. The van der Waals surface area contributed by atoms with Crippen LogP contribution in [0.4, 0.5) is 0 Å². The van der Waals surface area contributed by atoms with Crippen LogP contribution in [0.2, 0.25) is 0 Å². The van der Waals surface area contributed by atoms with Crippen molar-refractivity contribution in [2.24, 2.45) is 29.6 Å². The zero-order chi connectivity index (χ0) is 16.1. The van der Waals surface area contributed by atoms with Gasteiger partial charge in [-0.1, -0.05) is 45.4 Å². The summed E-state index contributed by atoms with van der Waals surface area (Å²) in [6.45, 7) is 2.33. The molecule has 0 heterocycles. The van der Waals surface area contributed by atoms with Gasteiger partial charge in [-0.2, -0.15) is 0 Å². The van der Waals surface area contributed by atoms with Gasteiger partial charge in [0, 0.05) is 0 Å². The Hall–Kier alpha value is -0.0400. The van der Waals surface area contributed by atoms with E-state index in [0.29, 0.717) is 0 Å². The second-order valence-electron chi connectivity index (χ2n) is 9.18. The Bertz CT molecular complexity index is 323. The number of rotatable bonds is 5. The van der Waals surface area contributed by atoms with Crippen LogP contribution in [-0.4, -0.2) is 11.2 Å². The van der Waals surface area contributed by atoms with Crippen molar-refractivity contribution in [1.29, 1.82) is 0 Å². The molecule has 2 atom stereocenters. The molecule has 0 saturated heterocycles. The minimum atomic E-state index is 0.0184. The molecule has 23 heavy (non-hydrogen) atoms. The van der Waals surface area contributed by atoms with Crippen LogP contribution in [0.3, 0.4) is 0 Å². The Morgan fingerprint density at radius 3 is 1.83 bits per heavy atom. The summed E-state index contributed by atoms with van der Waals surface area (Å²) in [5.74, 6) is 4.97. The molecule has 134 valence electrons. The molecule has 3 saturated carbocycles. The highest BCUT2D eigenvalue weighted by Gasteiger charge is 2.34. The lowest BCUT2D eigenvalue weighted by atomic mass is 9.65. The zero-order valence-electron chi connectivity index (χ0n) is 15.5. The Kier molecular flexibility index (Phi) is 6.86. The van der Waals surface area contributed by atoms with E-state index < -0.39 is 0 Å². The Labute approximate surface area is 144 Å². The van der Waals surface area contributed by atoms with Gasteiger partial charge in [0.05, 0.1) is 6.10 Å². The van der Waals surface area contributed by atoms with E-state index in [-0.39, 0.29) is 6.10 Å². The number of aliphatic hydroxyl groups is 1.